The summed E-state index contributed by atoms with van der Waals surface area (Å²) < 4.78 is 7.31. The molecule has 0 aliphatic heterocycles. The van der Waals surface area contributed by atoms with Crippen LogP contribution in [0.4, 0.5) is 0 Å². The highest BCUT2D eigenvalue weighted by atomic mass is 16.5. The summed E-state index contributed by atoms with van der Waals surface area (Å²) >= 11 is 0. The van der Waals surface area contributed by atoms with Gasteiger partial charge in [0, 0.05) is 18.3 Å². The van der Waals surface area contributed by atoms with E-state index in [2.05, 4.69) is 59.1 Å². The average molecular weight is 391 g/mol. The minimum Gasteiger partial charge on any atom is -0.504 e. The molecule has 0 fully saturated rings. The number of hydrogen-bond donors (Lipinski definition) is 2. The van der Waals surface area contributed by atoms with Crippen LogP contribution in [0.1, 0.15) is 24.0 Å². The van der Waals surface area contributed by atoms with Crippen molar-refractivity contribution in [1.29, 1.82) is 0 Å². The summed E-state index contributed by atoms with van der Waals surface area (Å²) in [6.07, 6.45) is 15.4. The molecule has 1 aliphatic rings. The Morgan fingerprint density at radius 2 is 2.17 bits per heavy atom. The zero-order valence-electron chi connectivity index (χ0n) is 17.0. The first kappa shape index (κ1) is 20.6. The number of aryl methyl sites for hydroxylation is 1. The third-order valence-electron chi connectivity index (χ3n) is 4.75. The maximum Gasteiger partial charge on any atom is 0.231 e. The molecule has 3 rings (SSSR count). The molecule has 2 aromatic rings. The van der Waals surface area contributed by atoms with Gasteiger partial charge in [-0.05, 0) is 60.8 Å². The second-order valence-electron chi connectivity index (χ2n) is 6.97. The molecular weight excluding hydrogens is 362 g/mol. The fraction of sp³-hybridized carbons (Fsp3) is 0.250. The number of nitrogens with zero attached hydrogens (tertiary/aromatic N) is 2. The van der Waals surface area contributed by atoms with Gasteiger partial charge >= 0.3 is 0 Å². The normalized spacial score (nSPS) is 15.5. The monoisotopic (exact) mass is 390 g/mol. The van der Waals surface area contributed by atoms with Gasteiger partial charge in [0.2, 0.25) is 5.69 Å². The van der Waals surface area contributed by atoms with E-state index in [9.17, 15) is 5.11 Å². The Bertz CT molecular complexity index is 987. The van der Waals surface area contributed by atoms with E-state index in [4.69, 9.17) is 10.5 Å². The zero-order chi connectivity index (χ0) is 20.6. The molecule has 0 spiro atoms. The average Bonchev–Trinajstić information content (AvgIpc) is 2.73. The molecule has 1 aliphatic carbocycles. The van der Waals surface area contributed by atoms with E-state index >= 15 is 0 Å². The molecule has 0 saturated heterocycles. The van der Waals surface area contributed by atoms with Crippen LogP contribution >= 0.6 is 0 Å². The molecule has 3 N–H and O–H groups in total. The Morgan fingerprint density at radius 1 is 1.31 bits per heavy atom. The second-order valence-corrected chi connectivity index (χ2v) is 6.97. The van der Waals surface area contributed by atoms with E-state index in [-0.39, 0.29) is 5.76 Å². The van der Waals surface area contributed by atoms with E-state index in [1.54, 1.807) is 13.2 Å². The third kappa shape index (κ3) is 5.42. The summed E-state index contributed by atoms with van der Waals surface area (Å²) in [4.78, 5) is 4.53. The van der Waals surface area contributed by atoms with Gasteiger partial charge in [-0.15, -0.1) is 0 Å². The van der Waals surface area contributed by atoms with Gasteiger partial charge in [0.25, 0.3) is 0 Å². The Labute approximate surface area is 172 Å². The second kappa shape index (κ2) is 9.85. The number of aromatic nitrogens is 2. The molecular formula is C24H28N3O2+. The van der Waals surface area contributed by atoms with E-state index in [0.717, 1.165) is 35.5 Å². The van der Waals surface area contributed by atoms with Crippen LogP contribution in [-0.2, 0) is 11.3 Å². The van der Waals surface area contributed by atoms with Crippen LogP contribution in [0.5, 0.6) is 0 Å². The molecule has 0 atom stereocenters. The number of aliphatic hydroxyl groups is 1. The highest BCUT2D eigenvalue weighted by molar-refractivity contribution is 5.58. The fourth-order valence-corrected chi connectivity index (χ4v) is 3.23. The van der Waals surface area contributed by atoms with Crippen molar-refractivity contribution in [3.63, 3.8) is 0 Å². The van der Waals surface area contributed by atoms with Crippen molar-refractivity contribution in [2.45, 2.75) is 26.3 Å². The highest BCUT2D eigenvalue weighted by Gasteiger charge is 2.14. The predicted molar refractivity (Wildman–Crippen MR) is 116 cm³/mol. The summed E-state index contributed by atoms with van der Waals surface area (Å²) in [6.45, 7) is 3.39. The maximum absolute atomic E-state index is 9.72. The van der Waals surface area contributed by atoms with Crippen LogP contribution in [0.3, 0.4) is 0 Å². The smallest absolute Gasteiger partial charge is 0.231 e. The van der Waals surface area contributed by atoms with Crippen LogP contribution in [0.15, 0.2) is 78.1 Å². The van der Waals surface area contributed by atoms with Gasteiger partial charge in [-0.2, -0.15) is 4.57 Å². The molecule has 5 nitrogen and oxygen atoms in total. The van der Waals surface area contributed by atoms with Gasteiger partial charge < -0.3 is 15.6 Å². The van der Waals surface area contributed by atoms with Gasteiger partial charge in [-0.3, -0.25) is 0 Å². The Kier molecular flexibility index (Phi) is 6.98. The number of nitrogens with two attached hydrogens (primary N) is 1. The molecule has 150 valence electrons. The topological polar surface area (TPSA) is 72.2 Å². The minimum absolute atomic E-state index is 0.201. The van der Waals surface area contributed by atoms with Gasteiger partial charge in [-0.25, -0.2) is 4.98 Å². The van der Waals surface area contributed by atoms with Crippen LogP contribution in [-0.4, -0.2) is 23.7 Å². The molecule has 2 aromatic heterocycles. The molecule has 0 unspecified atom stereocenters. The van der Waals surface area contributed by atoms with Crippen LogP contribution < -0.4 is 10.3 Å². The third-order valence-corrected chi connectivity index (χ3v) is 4.75. The standard InChI is InChI=1S/C24H27N3O2/c1-18-9-12-26-21(15-18)22-16-20(10-13-27(22)14-11-25)6-4-3-5-19-7-8-23(28)24(17-19)29-2/h4-6,8-10,12-13,15-17H,3,7,11,14,25H2,1-2H3/p+1/b6-4+,19-5+. The van der Waals surface area contributed by atoms with Gasteiger partial charge in [-0.1, -0.05) is 18.2 Å². The lowest BCUT2D eigenvalue weighted by atomic mass is 10.0. The molecule has 5 heteroatoms. The van der Waals surface area contributed by atoms with Crippen LogP contribution in [0.2, 0.25) is 0 Å². The number of hydrogen-bond acceptors (Lipinski definition) is 4. The molecule has 0 bridgehead atoms. The highest BCUT2D eigenvalue weighted by Crippen LogP contribution is 2.22. The first-order valence-corrected chi connectivity index (χ1v) is 9.78. The van der Waals surface area contributed by atoms with Crippen LogP contribution in [0.25, 0.3) is 17.5 Å². The number of aliphatic hydroxyl groups excluding tert-OH is 1. The van der Waals surface area contributed by atoms with Crippen molar-refractivity contribution in [3.8, 4) is 11.4 Å². The van der Waals surface area contributed by atoms with Gasteiger partial charge in [0.05, 0.1) is 13.7 Å². The Balaban J connectivity index is 1.77. The number of rotatable bonds is 7. The first-order valence-electron chi connectivity index (χ1n) is 9.78. The minimum atomic E-state index is 0.201. The van der Waals surface area contributed by atoms with Crippen molar-refractivity contribution in [2.75, 3.05) is 13.7 Å². The maximum atomic E-state index is 9.72. The lowest BCUT2D eigenvalue weighted by molar-refractivity contribution is -0.683. The Hall–Kier alpha value is -3.18. The van der Waals surface area contributed by atoms with E-state index in [1.165, 1.54) is 5.56 Å². The number of methoxy groups -OCH3 is 1. The lowest BCUT2D eigenvalue weighted by Gasteiger charge is -2.11. The van der Waals surface area contributed by atoms with Crippen molar-refractivity contribution in [3.05, 3.63) is 89.2 Å². The zero-order valence-corrected chi connectivity index (χ0v) is 17.0. The lowest BCUT2D eigenvalue weighted by Crippen LogP contribution is -2.39. The molecule has 0 radical (unpaired) electrons. The number of allylic oxidation sites excluding steroid dienone is 5. The summed E-state index contributed by atoms with van der Waals surface area (Å²) in [5.41, 5.74) is 11.2. The van der Waals surface area contributed by atoms with E-state index < -0.39 is 0 Å². The molecule has 0 amide bonds. The fourth-order valence-electron chi connectivity index (χ4n) is 3.23. The summed E-state index contributed by atoms with van der Waals surface area (Å²) in [5.74, 6) is 0.710. The predicted octanol–water partition coefficient (Wildman–Crippen LogP) is 4.01. The quantitative estimate of drug-likeness (QED) is 0.701. The molecule has 29 heavy (non-hydrogen) atoms. The van der Waals surface area contributed by atoms with Crippen molar-refractivity contribution >= 4 is 6.08 Å². The van der Waals surface area contributed by atoms with Gasteiger partial charge in [0.1, 0.15) is 5.69 Å². The van der Waals surface area contributed by atoms with E-state index in [0.29, 0.717) is 18.7 Å². The first-order chi connectivity index (χ1) is 14.1. The number of ether oxygens (including phenoxy) is 1. The van der Waals surface area contributed by atoms with E-state index in [1.807, 2.05) is 18.3 Å². The van der Waals surface area contributed by atoms with Crippen molar-refractivity contribution < 1.29 is 14.4 Å². The Morgan fingerprint density at radius 3 is 2.93 bits per heavy atom. The van der Waals surface area contributed by atoms with Crippen molar-refractivity contribution in [1.82, 2.24) is 4.98 Å². The summed E-state index contributed by atoms with van der Waals surface area (Å²) in [7, 11) is 1.56. The molecule has 2 heterocycles. The van der Waals surface area contributed by atoms with Crippen LogP contribution in [0, 0.1) is 6.92 Å². The van der Waals surface area contributed by atoms with Crippen molar-refractivity contribution in [2.24, 2.45) is 5.73 Å². The summed E-state index contributed by atoms with van der Waals surface area (Å²) in [5, 5.41) is 9.72. The SMILES string of the molecule is COC1=C/C(=C/C/C=C/c2cc[n+](CCN)c(-c3cc(C)ccn3)c2)CC=C1O. The largest absolute Gasteiger partial charge is 0.504 e. The van der Waals surface area contributed by atoms with Gasteiger partial charge in [0.15, 0.2) is 24.3 Å². The molecule has 0 saturated carbocycles. The number of pyridine rings is 2. The summed E-state index contributed by atoms with van der Waals surface area (Å²) in [6, 6.07) is 8.32. The molecule has 0 aromatic carbocycles.